The summed E-state index contributed by atoms with van der Waals surface area (Å²) in [4.78, 5) is 34.0. The van der Waals surface area contributed by atoms with Crippen LogP contribution in [-0.2, 0) is 13.1 Å². The average Bonchev–Trinajstić information content (AvgIpc) is 2.36. The average molecular weight is 270 g/mol. The molecule has 19 heavy (non-hydrogen) atoms. The highest BCUT2D eigenvalue weighted by atomic mass is 16.6. The quantitative estimate of drug-likeness (QED) is 0.425. The lowest BCUT2D eigenvalue weighted by Gasteiger charge is -2.09. The first-order valence-corrected chi connectivity index (χ1v) is 6.16. The summed E-state index contributed by atoms with van der Waals surface area (Å²) in [6, 6.07) is 0. The molecule has 0 aliphatic rings. The van der Waals surface area contributed by atoms with Gasteiger partial charge in [-0.1, -0.05) is 6.92 Å². The minimum Gasteiger partial charge on any atom is -0.320 e. The number of hydrogen-bond donors (Lipinski definition) is 1. The largest absolute Gasteiger partial charge is 0.350 e. The highest BCUT2D eigenvalue weighted by Crippen LogP contribution is 2.01. The van der Waals surface area contributed by atoms with E-state index in [2.05, 4.69) is 5.32 Å². The standard InChI is InChI=1S/C11H18N4O4/c1-3-6-13-8-9(15(18)19)10(16)14(11(13)17)7-4-5-12-2/h8,12H,3-7H2,1-2H3. The van der Waals surface area contributed by atoms with Crippen LogP contribution in [0.3, 0.4) is 0 Å². The maximum Gasteiger partial charge on any atom is 0.350 e. The first-order chi connectivity index (χ1) is 9.02. The van der Waals surface area contributed by atoms with E-state index < -0.39 is 21.9 Å². The van der Waals surface area contributed by atoms with Crippen LogP contribution in [0.5, 0.6) is 0 Å². The molecule has 1 rings (SSSR count). The predicted octanol–water partition coefficient (Wildman–Crippen LogP) is -0.0623. The molecule has 106 valence electrons. The molecule has 0 spiro atoms. The van der Waals surface area contributed by atoms with E-state index in [-0.39, 0.29) is 6.54 Å². The van der Waals surface area contributed by atoms with Crippen molar-refractivity contribution in [1.29, 1.82) is 0 Å². The lowest BCUT2D eigenvalue weighted by molar-refractivity contribution is -0.387. The van der Waals surface area contributed by atoms with Gasteiger partial charge in [-0.15, -0.1) is 0 Å². The molecule has 0 atom stereocenters. The number of aryl methyl sites for hydroxylation is 1. The van der Waals surface area contributed by atoms with Gasteiger partial charge in [0.15, 0.2) is 0 Å². The lowest BCUT2D eigenvalue weighted by Crippen LogP contribution is -2.40. The third-order valence-corrected chi connectivity index (χ3v) is 2.69. The van der Waals surface area contributed by atoms with E-state index in [0.717, 1.165) is 10.8 Å². The molecule has 0 fully saturated rings. The molecule has 1 aromatic heterocycles. The molecule has 0 saturated heterocycles. The monoisotopic (exact) mass is 270 g/mol. The van der Waals surface area contributed by atoms with Gasteiger partial charge in [-0.3, -0.25) is 24.0 Å². The number of nitro groups is 1. The van der Waals surface area contributed by atoms with Crippen molar-refractivity contribution in [3.05, 3.63) is 37.1 Å². The molecule has 1 aromatic rings. The molecule has 0 radical (unpaired) electrons. The molecule has 1 N–H and O–H groups in total. The predicted molar refractivity (Wildman–Crippen MR) is 70.5 cm³/mol. The Balaban J connectivity index is 3.29. The third-order valence-electron chi connectivity index (χ3n) is 2.69. The highest BCUT2D eigenvalue weighted by molar-refractivity contribution is 5.21. The van der Waals surface area contributed by atoms with Crippen LogP contribution in [0.2, 0.25) is 0 Å². The lowest BCUT2D eigenvalue weighted by atomic mass is 10.4. The molecular formula is C11H18N4O4. The molecule has 0 amide bonds. The summed E-state index contributed by atoms with van der Waals surface area (Å²) in [6.45, 7) is 3.01. The van der Waals surface area contributed by atoms with E-state index in [4.69, 9.17) is 0 Å². The van der Waals surface area contributed by atoms with Crippen molar-refractivity contribution in [3.8, 4) is 0 Å². The number of aromatic nitrogens is 2. The zero-order valence-corrected chi connectivity index (χ0v) is 11.1. The van der Waals surface area contributed by atoms with Gasteiger partial charge in [0.25, 0.3) is 0 Å². The normalized spacial score (nSPS) is 10.6. The van der Waals surface area contributed by atoms with Crippen LogP contribution in [0.1, 0.15) is 19.8 Å². The Hall–Kier alpha value is -1.96. The van der Waals surface area contributed by atoms with Gasteiger partial charge in [0.1, 0.15) is 0 Å². The van der Waals surface area contributed by atoms with Gasteiger partial charge in [0, 0.05) is 13.1 Å². The second-order valence-corrected chi connectivity index (χ2v) is 4.16. The van der Waals surface area contributed by atoms with E-state index in [0.29, 0.717) is 25.9 Å². The van der Waals surface area contributed by atoms with Gasteiger partial charge >= 0.3 is 16.9 Å². The van der Waals surface area contributed by atoms with Crippen LogP contribution in [0.15, 0.2) is 15.8 Å². The van der Waals surface area contributed by atoms with Gasteiger partial charge < -0.3 is 5.32 Å². The SMILES string of the molecule is CCCn1cc([N+](=O)[O-])c(=O)n(CCCNC)c1=O. The van der Waals surface area contributed by atoms with Crippen LogP contribution in [-0.4, -0.2) is 27.6 Å². The third kappa shape index (κ3) is 3.50. The van der Waals surface area contributed by atoms with Gasteiger partial charge in [0.2, 0.25) is 0 Å². The Bertz CT molecular complexity index is 561. The molecule has 1 heterocycles. The minimum atomic E-state index is -0.835. The summed E-state index contributed by atoms with van der Waals surface area (Å²) in [5.74, 6) is 0. The molecule has 0 bridgehead atoms. The van der Waals surface area contributed by atoms with Gasteiger partial charge in [-0.05, 0) is 26.4 Å². The van der Waals surface area contributed by atoms with E-state index in [1.54, 1.807) is 7.05 Å². The minimum absolute atomic E-state index is 0.171. The molecule has 8 heteroatoms. The Morgan fingerprint density at radius 3 is 2.58 bits per heavy atom. The van der Waals surface area contributed by atoms with Crippen LogP contribution < -0.4 is 16.6 Å². The smallest absolute Gasteiger partial charge is 0.320 e. The number of hydrogen-bond acceptors (Lipinski definition) is 5. The maximum atomic E-state index is 12.0. The summed E-state index contributed by atoms with van der Waals surface area (Å²) >= 11 is 0. The topological polar surface area (TPSA) is 99.2 Å². The van der Waals surface area contributed by atoms with Crippen molar-refractivity contribution in [2.24, 2.45) is 0 Å². The Kier molecular flexibility index (Phi) is 5.43. The van der Waals surface area contributed by atoms with Crippen LogP contribution >= 0.6 is 0 Å². The van der Waals surface area contributed by atoms with Crippen molar-refractivity contribution < 1.29 is 4.92 Å². The Labute approximate surface area is 109 Å². The molecule has 0 saturated carbocycles. The zero-order chi connectivity index (χ0) is 14.4. The number of nitrogens with one attached hydrogen (secondary N) is 1. The van der Waals surface area contributed by atoms with E-state index in [1.807, 2.05) is 6.92 Å². The van der Waals surface area contributed by atoms with Crippen LogP contribution in [0, 0.1) is 10.1 Å². The summed E-state index contributed by atoms with van der Waals surface area (Å²) in [7, 11) is 1.76. The zero-order valence-electron chi connectivity index (χ0n) is 11.1. The van der Waals surface area contributed by atoms with Crippen molar-refractivity contribution >= 4 is 5.69 Å². The summed E-state index contributed by atoms with van der Waals surface area (Å²) < 4.78 is 2.16. The fourth-order valence-corrected chi connectivity index (χ4v) is 1.78. The fourth-order valence-electron chi connectivity index (χ4n) is 1.78. The molecule has 0 aromatic carbocycles. The van der Waals surface area contributed by atoms with E-state index in [1.165, 1.54) is 4.57 Å². The number of rotatable bonds is 7. The van der Waals surface area contributed by atoms with Gasteiger partial charge in [-0.2, -0.15) is 0 Å². The first kappa shape index (κ1) is 15.1. The van der Waals surface area contributed by atoms with Crippen molar-refractivity contribution in [3.63, 3.8) is 0 Å². The fraction of sp³-hybridized carbons (Fsp3) is 0.636. The molecule has 0 aliphatic heterocycles. The van der Waals surface area contributed by atoms with Crippen molar-refractivity contribution in [2.45, 2.75) is 32.9 Å². The number of nitrogens with zero attached hydrogens (tertiary/aromatic N) is 3. The van der Waals surface area contributed by atoms with Gasteiger partial charge in [-0.25, -0.2) is 4.79 Å². The summed E-state index contributed by atoms with van der Waals surface area (Å²) in [5.41, 5.74) is -1.88. The molecule has 0 unspecified atom stereocenters. The van der Waals surface area contributed by atoms with Gasteiger partial charge in [0.05, 0.1) is 11.1 Å². The summed E-state index contributed by atoms with van der Waals surface area (Å²) in [5, 5.41) is 13.7. The molecule has 0 aliphatic carbocycles. The van der Waals surface area contributed by atoms with Crippen molar-refractivity contribution in [2.75, 3.05) is 13.6 Å². The first-order valence-electron chi connectivity index (χ1n) is 6.16. The van der Waals surface area contributed by atoms with E-state index >= 15 is 0 Å². The Morgan fingerprint density at radius 1 is 1.37 bits per heavy atom. The summed E-state index contributed by atoms with van der Waals surface area (Å²) in [6.07, 6.45) is 2.24. The van der Waals surface area contributed by atoms with Crippen LogP contribution in [0.25, 0.3) is 0 Å². The Morgan fingerprint density at radius 2 is 2.05 bits per heavy atom. The van der Waals surface area contributed by atoms with Crippen LogP contribution in [0.4, 0.5) is 5.69 Å². The van der Waals surface area contributed by atoms with Crippen molar-refractivity contribution in [1.82, 2.24) is 14.5 Å². The molecular weight excluding hydrogens is 252 g/mol. The van der Waals surface area contributed by atoms with E-state index in [9.17, 15) is 19.7 Å². The molecule has 8 nitrogen and oxygen atoms in total. The second-order valence-electron chi connectivity index (χ2n) is 4.16. The maximum absolute atomic E-state index is 12.0. The second kappa shape index (κ2) is 6.83. The highest BCUT2D eigenvalue weighted by Gasteiger charge is 2.19.